The van der Waals surface area contributed by atoms with Crippen molar-refractivity contribution in [3.8, 4) is 0 Å². The number of hydrogen-bond acceptors (Lipinski definition) is 3. The molecule has 6 heteroatoms. The average molecular weight is 385 g/mol. The zero-order chi connectivity index (χ0) is 19.2. The highest BCUT2D eigenvalue weighted by Crippen LogP contribution is 2.24. The Kier molecular flexibility index (Phi) is 6.14. The number of halogens is 1. The molecule has 3 rings (SSSR count). The number of carbonyl (C=O) groups excluding carboxylic acids is 2. The summed E-state index contributed by atoms with van der Waals surface area (Å²) in [7, 11) is 0. The molecule has 0 atom stereocenters. The van der Waals surface area contributed by atoms with E-state index in [-0.39, 0.29) is 6.42 Å². The van der Waals surface area contributed by atoms with Gasteiger partial charge >= 0.3 is 11.9 Å². The summed E-state index contributed by atoms with van der Waals surface area (Å²) in [5.74, 6) is -0.915. The average Bonchev–Trinajstić information content (AvgIpc) is 3.05. The van der Waals surface area contributed by atoms with Crippen molar-refractivity contribution in [1.82, 2.24) is 10.0 Å². The van der Waals surface area contributed by atoms with Gasteiger partial charge in [-0.05, 0) is 30.2 Å². The van der Waals surface area contributed by atoms with Gasteiger partial charge in [-0.25, -0.2) is 4.79 Å². The summed E-state index contributed by atoms with van der Waals surface area (Å²) in [6.45, 7) is 2.42. The molecule has 5 nitrogen and oxygen atoms in total. The van der Waals surface area contributed by atoms with Crippen LogP contribution < -0.4 is 5.48 Å². The largest absolute Gasteiger partial charge is 0.340 e. The molecular weight excluding hydrogens is 364 g/mol. The van der Waals surface area contributed by atoms with E-state index >= 15 is 0 Å². The van der Waals surface area contributed by atoms with E-state index in [1.54, 1.807) is 6.07 Å². The lowest BCUT2D eigenvalue weighted by atomic mass is 10.2. The van der Waals surface area contributed by atoms with E-state index in [0.29, 0.717) is 17.3 Å². The zero-order valence-electron chi connectivity index (χ0n) is 15.1. The first-order valence-electron chi connectivity index (χ1n) is 8.92. The second-order valence-electron chi connectivity index (χ2n) is 6.27. The van der Waals surface area contributed by atoms with Gasteiger partial charge in [0.15, 0.2) is 0 Å². The van der Waals surface area contributed by atoms with Crippen LogP contribution in [0.3, 0.4) is 0 Å². The van der Waals surface area contributed by atoms with Gasteiger partial charge < -0.3 is 9.40 Å². The lowest BCUT2D eigenvalue weighted by Gasteiger charge is -2.12. The maximum absolute atomic E-state index is 12.6. The number of nitrogens with one attached hydrogen (secondary N) is 1. The molecule has 1 aromatic heterocycles. The predicted molar refractivity (Wildman–Crippen MR) is 106 cm³/mol. The number of benzene rings is 2. The lowest BCUT2D eigenvalue weighted by Crippen LogP contribution is -2.29. The number of nitrogens with zero attached hydrogens (tertiary/aromatic N) is 1. The number of hydrogen-bond donors (Lipinski definition) is 1. The van der Waals surface area contributed by atoms with Crippen LogP contribution in [0.25, 0.3) is 10.9 Å². The smallest absolute Gasteiger partial charge is 0.332 e. The van der Waals surface area contributed by atoms with Crippen LogP contribution in [0.4, 0.5) is 0 Å². The van der Waals surface area contributed by atoms with Gasteiger partial charge in [-0.2, -0.15) is 5.48 Å². The first kappa shape index (κ1) is 19.0. The molecule has 0 aliphatic heterocycles. The highest BCUT2D eigenvalue weighted by molar-refractivity contribution is 6.31. The quantitative estimate of drug-likeness (QED) is 0.625. The zero-order valence-corrected chi connectivity index (χ0v) is 15.8. The SMILES string of the molecule is CCCCC(=O)ONC(=O)c1cc2ccccc2n1Cc1ccccc1Cl. The number of aromatic nitrogens is 1. The third-order valence-corrected chi connectivity index (χ3v) is 4.69. The molecule has 0 aliphatic carbocycles. The molecule has 0 saturated carbocycles. The number of unbranched alkanes of at least 4 members (excludes halogenated alkanes) is 1. The Labute approximate surface area is 162 Å². The number of rotatable bonds is 6. The Morgan fingerprint density at radius 1 is 1.11 bits per heavy atom. The molecule has 0 spiro atoms. The summed E-state index contributed by atoms with van der Waals surface area (Å²) in [5.41, 5.74) is 4.47. The van der Waals surface area contributed by atoms with Crippen LogP contribution in [0.2, 0.25) is 5.02 Å². The molecule has 0 aliphatic rings. The van der Waals surface area contributed by atoms with Crippen molar-refractivity contribution >= 4 is 34.4 Å². The molecule has 0 radical (unpaired) electrons. The van der Waals surface area contributed by atoms with Crippen LogP contribution in [0.1, 0.15) is 42.2 Å². The maximum Gasteiger partial charge on any atom is 0.332 e. The summed E-state index contributed by atoms with van der Waals surface area (Å²) >= 11 is 6.29. The Morgan fingerprint density at radius 2 is 1.85 bits per heavy atom. The number of carbonyl (C=O) groups is 2. The molecule has 0 fully saturated rings. The summed E-state index contributed by atoms with van der Waals surface area (Å²) in [4.78, 5) is 29.2. The van der Waals surface area contributed by atoms with Gasteiger partial charge in [0.05, 0.1) is 0 Å². The summed E-state index contributed by atoms with van der Waals surface area (Å²) in [5, 5.41) is 1.56. The third kappa shape index (κ3) is 4.49. The van der Waals surface area contributed by atoms with E-state index in [1.165, 1.54) is 0 Å². The number of fused-ring (bicyclic) bond motifs is 1. The van der Waals surface area contributed by atoms with Gasteiger partial charge in [0.2, 0.25) is 0 Å². The second-order valence-corrected chi connectivity index (χ2v) is 6.68. The normalized spacial score (nSPS) is 10.7. The van der Waals surface area contributed by atoms with Gasteiger partial charge in [0.25, 0.3) is 0 Å². The standard InChI is InChI=1S/C21H21ClN2O3/c1-2-3-12-20(25)27-23-21(26)19-13-15-8-5-7-11-18(15)24(19)14-16-9-4-6-10-17(16)22/h4-11,13H,2-3,12,14H2,1H3,(H,23,26). The molecule has 140 valence electrons. The van der Waals surface area contributed by atoms with Crippen molar-refractivity contribution < 1.29 is 14.4 Å². The number of hydroxylamine groups is 1. The molecular formula is C21H21ClN2O3. The van der Waals surface area contributed by atoms with Crippen molar-refractivity contribution in [2.45, 2.75) is 32.7 Å². The Bertz CT molecular complexity index is 965. The molecule has 1 amide bonds. The summed E-state index contributed by atoms with van der Waals surface area (Å²) in [6.07, 6.45) is 1.88. The molecule has 0 bridgehead atoms. The van der Waals surface area contributed by atoms with Crippen molar-refractivity contribution in [1.29, 1.82) is 0 Å². The first-order chi connectivity index (χ1) is 13.1. The maximum atomic E-state index is 12.6. The minimum absolute atomic E-state index is 0.277. The van der Waals surface area contributed by atoms with Crippen molar-refractivity contribution in [3.63, 3.8) is 0 Å². The third-order valence-electron chi connectivity index (χ3n) is 4.32. The van der Waals surface area contributed by atoms with E-state index in [9.17, 15) is 9.59 Å². The second kappa shape index (κ2) is 8.73. The van der Waals surface area contributed by atoms with Gasteiger partial charge in [-0.1, -0.05) is 61.3 Å². The highest BCUT2D eigenvalue weighted by atomic mass is 35.5. The van der Waals surface area contributed by atoms with Crippen LogP contribution in [0.5, 0.6) is 0 Å². The van der Waals surface area contributed by atoms with E-state index in [4.69, 9.17) is 16.4 Å². The molecule has 3 aromatic rings. The van der Waals surface area contributed by atoms with Crippen LogP contribution >= 0.6 is 11.6 Å². The molecule has 1 N–H and O–H groups in total. The molecule has 0 unspecified atom stereocenters. The molecule has 2 aromatic carbocycles. The fourth-order valence-corrected chi connectivity index (χ4v) is 3.09. The Hall–Kier alpha value is -2.79. The minimum Gasteiger partial charge on any atom is -0.340 e. The van der Waals surface area contributed by atoms with E-state index in [0.717, 1.165) is 29.3 Å². The van der Waals surface area contributed by atoms with Crippen LogP contribution in [0, 0.1) is 0 Å². The van der Waals surface area contributed by atoms with Crippen molar-refractivity contribution in [3.05, 3.63) is 70.9 Å². The van der Waals surface area contributed by atoms with Crippen molar-refractivity contribution in [2.24, 2.45) is 0 Å². The molecule has 1 heterocycles. The van der Waals surface area contributed by atoms with E-state index in [1.807, 2.05) is 60.0 Å². The minimum atomic E-state index is -0.469. The van der Waals surface area contributed by atoms with Crippen LogP contribution in [-0.2, 0) is 16.2 Å². The lowest BCUT2D eigenvalue weighted by molar-refractivity contribution is -0.149. The van der Waals surface area contributed by atoms with Gasteiger partial charge in [0.1, 0.15) is 5.69 Å². The predicted octanol–water partition coefficient (Wildman–Crippen LogP) is 4.72. The topological polar surface area (TPSA) is 60.3 Å². The van der Waals surface area contributed by atoms with Crippen LogP contribution in [0.15, 0.2) is 54.6 Å². The summed E-state index contributed by atoms with van der Waals surface area (Å²) in [6, 6.07) is 17.0. The first-order valence-corrected chi connectivity index (χ1v) is 9.29. The monoisotopic (exact) mass is 384 g/mol. The van der Waals surface area contributed by atoms with Gasteiger partial charge in [0, 0.05) is 28.9 Å². The van der Waals surface area contributed by atoms with Crippen LogP contribution in [-0.4, -0.2) is 16.4 Å². The number of amides is 1. The number of para-hydroxylation sites is 1. The Morgan fingerprint density at radius 3 is 2.63 bits per heavy atom. The van der Waals surface area contributed by atoms with E-state index in [2.05, 4.69) is 5.48 Å². The van der Waals surface area contributed by atoms with Gasteiger partial charge in [-0.15, -0.1) is 0 Å². The fourth-order valence-electron chi connectivity index (χ4n) is 2.89. The highest BCUT2D eigenvalue weighted by Gasteiger charge is 2.18. The molecule has 0 saturated heterocycles. The summed E-state index contributed by atoms with van der Waals surface area (Å²) < 4.78 is 1.87. The van der Waals surface area contributed by atoms with E-state index < -0.39 is 11.9 Å². The fraction of sp³-hybridized carbons (Fsp3) is 0.238. The van der Waals surface area contributed by atoms with Crippen molar-refractivity contribution in [2.75, 3.05) is 0 Å². The molecule has 27 heavy (non-hydrogen) atoms. The Balaban J connectivity index is 1.87. The van der Waals surface area contributed by atoms with Gasteiger partial charge in [-0.3, -0.25) is 4.79 Å².